The van der Waals surface area contributed by atoms with Crippen molar-refractivity contribution in [2.75, 3.05) is 10.2 Å². The first-order valence-corrected chi connectivity index (χ1v) is 10.5. The minimum Gasteiger partial charge on any atom is -0.443 e. The molecule has 0 aliphatic carbocycles. The lowest BCUT2D eigenvalue weighted by molar-refractivity contribution is 0.0577. The third-order valence-electron chi connectivity index (χ3n) is 4.82. The summed E-state index contributed by atoms with van der Waals surface area (Å²) in [5, 5.41) is 3.92. The summed E-state index contributed by atoms with van der Waals surface area (Å²) in [6.45, 7) is 12.7. The molecule has 0 aliphatic heterocycles. The SMILES string of the molecule is CCC(C)(C)Nc1c(N(Cc2c(C)cc(Cl)cc2Cl)C(=O)OC(C)(C)C)c(=O)c1=O. The molecule has 0 aromatic heterocycles. The van der Waals surface area contributed by atoms with Gasteiger partial charge < -0.3 is 10.1 Å². The Bertz CT molecular complexity index is 1010. The van der Waals surface area contributed by atoms with Gasteiger partial charge in [-0.1, -0.05) is 30.1 Å². The lowest BCUT2D eigenvalue weighted by Gasteiger charge is -2.33. The number of hydrogen-bond donors (Lipinski definition) is 1. The van der Waals surface area contributed by atoms with Crippen molar-refractivity contribution >= 4 is 40.7 Å². The normalized spacial score (nSPS) is 12.2. The summed E-state index contributed by atoms with van der Waals surface area (Å²) in [6, 6.07) is 3.29. The van der Waals surface area contributed by atoms with E-state index in [0.717, 1.165) is 5.56 Å². The molecule has 0 bridgehead atoms. The standard InChI is InChI=1S/C22H28Cl2N2O4/c1-8-22(6,7)25-16-17(19(28)18(16)27)26(20(29)30-21(3,4)5)11-14-12(2)9-13(23)10-15(14)24/h9-10,25H,8,11H2,1-7H3. The molecule has 1 amide bonds. The summed E-state index contributed by atoms with van der Waals surface area (Å²) in [4.78, 5) is 39.0. The van der Waals surface area contributed by atoms with Gasteiger partial charge in [0.1, 0.15) is 17.0 Å². The zero-order valence-electron chi connectivity index (χ0n) is 18.4. The minimum atomic E-state index is -0.790. The van der Waals surface area contributed by atoms with Crippen molar-refractivity contribution in [1.29, 1.82) is 0 Å². The molecule has 6 nitrogen and oxygen atoms in total. The average Bonchev–Trinajstić information content (AvgIpc) is 2.60. The topological polar surface area (TPSA) is 75.7 Å². The zero-order valence-corrected chi connectivity index (χ0v) is 19.9. The van der Waals surface area contributed by atoms with E-state index in [1.54, 1.807) is 32.9 Å². The van der Waals surface area contributed by atoms with Crippen LogP contribution in [0.3, 0.4) is 0 Å². The molecular formula is C22H28Cl2N2O4. The Kier molecular flexibility index (Phi) is 6.94. The van der Waals surface area contributed by atoms with E-state index in [4.69, 9.17) is 27.9 Å². The highest BCUT2D eigenvalue weighted by molar-refractivity contribution is 6.35. The fourth-order valence-electron chi connectivity index (χ4n) is 2.82. The fourth-order valence-corrected chi connectivity index (χ4v) is 3.48. The molecule has 0 fully saturated rings. The quantitative estimate of drug-likeness (QED) is 0.587. The Labute approximate surface area is 186 Å². The molecule has 0 saturated heterocycles. The Morgan fingerprint density at radius 1 is 1.10 bits per heavy atom. The van der Waals surface area contributed by atoms with E-state index in [1.165, 1.54) is 4.90 Å². The van der Waals surface area contributed by atoms with Crippen molar-refractivity contribution in [3.63, 3.8) is 0 Å². The molecule has 1 N–H and O–H groups in total. The van der Waals surface area contributed by atoms with Gasteiger partial charge in [-0.15, -0.1) is 0 Å². The van der Waals surface area contributed by atoms with Crippen LogP contribution in [0.1, 0.15) is 59.1 Å². The van der Waals surface area contributed by atoms with E-state index in [1.807, 2.05) is 27.7 Å². The Hall–Kier alpha value is -2.05. The van der Waals surface area contributed by atoms with E-state index in [2.05, 4.69) is 5.32 Å². The van der Waals surface area contributed by atoms with Gasteiger partial charge in [0.05, 0.1) is 6.54 Å². The third kappa shape index (κ3) is 5.35. The van der Waals surface area contributed by atoms with Crippen LogP contribution in [0.4, 0.5) is 16.2 Å². The first kappa shape index (κ1) is 24.2. The maximum atomic E-state index is 13.0. The zero-order chi connectivity index (χ0) is 23.0. The third-order valence-corrected chi connectivity index (χ3v) is 5.37. The van der Waals surface area contributed by atoms with Gasteiger partial charge in [-0.25, -0.2) is 4.79 Å². The predicted molar refractivity (Wildman–Crippen MR) is 123 cm³/mol. The summed E-state index contributed by atoms with van der Waals surface area (Å²) < 4.78 is 5.51. The molecule has 0 unspecified atom stereocenters. The van der Waals surface area contributed by atoms with Crippen LogP contribution in [0.5, 0.6) is 0 Å². The van der Waals surface area contributed by atoms with Gasteiger partial charge in [-0.05, 0) is 71.2 Å². The van der Waals surface area contributed by atoms with Gasteiger partial charge >= 0.3 is 6.09 Å². The molecule has 8 heteroatoms. The monoisotopic (exact) mass is 454 g/mol. The van der Waals surface area contributed by atoms with Crippen molar-refractivity contribution in [2.45, 2.75) is 72.6 Å². The molecule has 0 saturated carbocycles. The highest BCUT2D eigenvalue weighted by Crippen LogP contribution is 2.31. The number of halogens is 2. The fraction of sp³-hybridized carbons (Fsp3) is 0.500. The largest absolute Gasteiger partial charge is 0.443 e. The molecule has 0 atom stereocenters. The Balaban J connectivity index is 2.57. The second kappa shape index (κ2) is 8.60. The minimum absolute atomic E-state index is 0.0128. The number of carbonyl (C=O) groups is 1. The second-order valence-electron chi connectivity index (χ2n) is 8.99. The van der Waals surface area contributed by atoms with Gasteiger partial charge in [0, 0.05) is 15.6 Å². The van der Waals surface area contributed by atoms with Crippen LogP contribution in [-0.2, 0) is 11.3 Å². The van der Waals surface area contributed by atoms with Crippen LogP contribution < -0.4 is 21.1 Å². The van der Waals surface area contributed by atoms with Crippen molar-refractivity contribution < 1.29 is 9.53 Å². The van der Waals surface area contributed by atoms with Crippen molar-refractivity contribution in [1.82, 2.24) is 0 Å². The van der Waals surface area contributed by atoms with Gasteiger partial charge in [0.15, 0.2) is 0 Å². The number of hydrogen-bond acceptors (Lipinski definition) is 5. The summed E-state index contributed by atoms with van der Waals surface area (Å²) in [6.07, 6.45) is -0.0304. The van der Waals surface area contributed by atoms with Crippen LogP contribution in [0.25, 0.3) is 0 Å². The number of ether oxygens (including phenoxy) is 1. The summed E-state index contributed by atoms with van der Waals surface area (Å²) in [7, 11) is 0. The van der Waals surface area contributed by atoms with E-state index >= 15 is 0 Å². The van der Waals surface area contributed by atoms with Crippen LogP contribution in [0.2, 0.25) is 10.0 Å². The maximum Gasteiger partial charge on any atom is 0.415 e. The summed E-state index contributed by atoms with van der Waals surface area (Å²) in [5.74, 6) is 0. The molecule has 0 heterocycles. The molecule has 30 heavy (non-hydrogen) atoms. The Morgan fingerprint density at radius 3 is 2.20 bits per heavy atom. The van der Waals surface area contributed by atoms with E-state index in [0.29, 0.717) is 22.0 Å². The van der Waals surface area contributed by atoms with Crippen LogP contribution in [0.15, 0.2) is 21.7 Å². The highest BCUT2D eigenvalue weighted by Gasteiger charge is 2.35. The number of rotatable bonds is 6. The molecule has 0 aliphatic rings. The molecule has 2 aromatic carbocycles. The lowest BCUT2D eigenvalue weighted by atomic mass is 9.99. The first-order chi connectivity index (χ1) is 13.7. The molecule has 0 spiro atoms. The molecule has 164 valence electrons. The number of aryl methyl sites for hydroxylation is 1. The summed E-state index contributed by atoms with van der Waals surface area (Å²) >= 11 is 12.4. The number of benzene rings is 1. The van der Waals surface area contributed by atoms with E-state index in [-0.39, 0.29) is 17.9 Å². The van der Waals surface area contributed by atoms with Crippen molar-refractivity contribution in [2.24, 2.45) is 0 Å². The number of nitrogens with one attached hydrogen (secondary N) is 1. The summed E-state index contributed by atoms with van der Waals surface area (Å²) in [5.41, 5.74) is -1.16. The maximum absolute atomic E-state index is 13.0. The molecule has 2 aromatic rings. The van der Waals surface area contributed by atoms with Gasteiger partial charge in [-0.2, -0.15) is 0 Å². The van der Waals surface area contributed by atoms with Crippen LogP contribution in [-0.4, -0.2) is 17.2 Å². The predicted octanol–water partition coefficient (Wildman–Crippen LogP) is 5.44. The first-order valence-electron chi connectivity index (χ1n) is 9.73. The number of carbonyl (C=O) groups excluding carboxylic acids is 1. The van der Waals surface area contributed by atoms with Crippen molar-refractivity contribution in [3.05, 3.63) is 53.8 Å². The number of amides is 1. The molecule has 0 radical (unpaired) electrons. The van der Waals surface area contributed by atoms with Crippen LogP contribution >= 0.6 is 23.2 Å². The molecule has 2 rings (SSSR count). The highest BCUT2D eigenvalue weighted by atomic mass is 35.5. The van der Waals surface area contributed by atoms with Crippen molar-refractivity contribution in [3.8, 4) is 0 Å². The van der Waals surface area contributed by atoms with Gasteiger partial charge in [-0.3, -0.25) is 14.5 Å². The van der Waals surface area contributed by atoms with Gasteiger partial charge in [0.25, 0.3) is 10.9 Å². The average molecular weight is 455 g/mol. The van der Waals surface area contributed by atoms with E-state index in [9.17, 15) is 14.4 Å². The van der Waals surface area contributed by atoms with Crippen LogP contribution in [0, 0.1) is 6.92 Å². The number of anilines is 2. The second-order valence-corrected chi connectivity index (χ2v) is 9.84. The Morgan fingerprint density at radius 2 is 1.70 bits per heavy atom. The molecular weight excluding hydrogens is 427 g/mol. The lowest BCUT2D eigenvalue weighted by Crippen LogP contribution is -2.48. The number of nitrogens with zero attached hydrogens (tertiary/aromatic N) is 1. The van der Waals surface area contributed by atoms with Gasteiger partial charge in [0.2, 0.25) is 0 Å². The van der Waals surface area contributed by atoms with E-state index < -0.39 is 28.1 Å². The smallest absolute Gasteiger partial charge is 0.415 e.